The van der Waals surface area contributed by atoms with Gasteiger partial charge in [0.15, 0.2) is 0 Å². The Morgan fingerprint density at radius 3 is 2.27 bits per heavy atom. The van der Waals surface area contributed by atoms with Crippen molar-refractivity contribution >= 4 is 12.2 Å². The molecule has 4 nitrogen and oxygen atoms in total. The van der Waals surface area contributed by atoms with Crippen LogP contribution in [0, 0.1) is 5.82 Å². The topological polar surface area (TPSA) is 36.3 Å². The zero-order chi connectivity index (χ0) is 20.9. The summed E-state index contributed by atoms with van der Waals surface area (Å²) >= 11 is 0. The van der Waals surface area contributed by atoms with E-state index in [-0.39, 0.29) is 5.82 Å². The van der Waals surface area contributed by atoms with Gasteiger partial charge in [0.2, 0.25) is 5.88 Å². The largest absolute Gasteiger partial charge is 0.497 e. The van der Waals surface area contributed by atoms with Crippen molar-refractivity contribution in [3.63, 3.8) is 0 Å². The SMILES string of the molecule is COc1ccc(-c2nn(-c3ccccc3)c(OC)c2/C=C/c2cccc(F)c2)cc1. The molecule has 0 saturated carbocycles. The lowest BCUT2D eigenvalue weighted by atomic mass is 10.1. The number of halogens is 1. The van der Waals surface area contributed by atoms with Crippen molar-refractivity contribution in [1.29, 1.82) is 0 Å². The number of aromatic nitrogens is 2. The standard InChI is InChI=1S/C25H21FN2O2/c1-29-22-14-12-19(13-15-22)24-23(16-11-18-7-6-8-20(26)17-18)25(30-2)28(27-24)21-9-4-3-5-10-21/h3-17H,1-2H3/b16-11+. The quantitative estimate of drug-likeness (QED) is 0.406. The summed E-state index contributed by atoms with van der Waals surface area (Å²) < 4.78 is 26.4. The minimum atomic E-state index is -0.278. The Kier molecular flexibility index (Phi) is 5.61. The molecule has 150 valence electrons. The Hall–Kier alpha value is -3.86. The Labute approximate surface area is 174 Å². The van der Waals surface area contributed by atoms with Crippen LogP contribution in [0.3, 0.4) is 0 Å². The van der Waals surface area contributed by atoms with Gasteiger partial charge in [0.1, 0.15) is 17.3 Å². The van der Waals surface area contributed by atoms with Gasteiger partial charge < -0.3 is 9.47 Å². The van der Waals surface area contributed by atoms with E-state index in [0.717, 1.165) is 33.8 Å². The first kappa shape index (κ1) is 19.5. The van der Waals surface area contributed by atoms with E-state index in [0.29, 0.717) is 5.88 Å². The monoisotopic (exact) mass is 400 g/mol. The summed E-state index contributed by atoms with van der Waals surface area (Å²) in [4.78, 5) is 0. The minimum Gasteiger partial charge on any atom is -0.497 e. The summed E-state index contributed by atoms with van der Waals surface area (Å²) in [5.74, 6) is 1.09. The molecule has 0 aliphatic heterocycles. The fourth-order valence-electron chi connectivity index (χ4n) is 3.26. The van der Waals surface area contributed by atoms with Crippen molar-refractivity contribution in [2.45, 2.75) is 0 Å². The van der Waals surface area contributed by atoms with Crippen LogP contribution < -0.4 is 9.47 Å². The van der Waals surface area contributed by atoms with Gasteiger partial charge in [-0.05, 0) is 60.2 Å². The van der Waals surface area contributed by atoms with Crippen molar-refractivity contribution in [2.75, 3.05) is 14.2 Å². The molecule has 1 heterocycles. The number of para-hydroxylation sites is 1. The van der Waals surface area contributed by atoms with E-state index in [4.69, 9.17) is 14.6 Å². The van der Waals surface area contributed by atoms with Crippen molar-refractivity contribution < 1.29 is 13.9 Å². The van der Waals surface area contributed by atoms with Crippen LogP contribution in [0.15, 0.2) is 78.9 Å². The Bertz CT molecular complexity index is 1170. The van der Waals surface area contributed by atoms with E-state index >= 15 is 0 Å². The lowest BCUT2D eigenvalue weighted by Gasteiger charge is -2.06. The third kappa shape index (κ3) is 3.96. The van der Waals surface area contributed by atoms with Gasteiger partial charge in [-0.25, -0.2) is 4.39 Å². The molecule has 30 heavy (non-hydrogen) atoms. The molecule has 0 amide bonds. The Morgan fingerprint density at radius 1 is 0.833 bits per heavy atom. The average Bonchev–Trinajstić information content (AvgIpc) is 3.17. The summed E-state index contributed by atoms with van der Waals surface area (Å²) in [5, 5.41) is 4.83. The van der Waals surface area contributed by atoms with Crippen molar-refractivity contribution in [3.8, 4) is 28.6 Å². The highest BCUT2D eigenvalue weighted by Crippen LogP contribution is 2.35. The van der Waals surface area contributed by atoms with Crippen LogP contribution in [0.5, 0.6) is 11.6 Å². The van der Waals surface area contributed by atoms with Crippen LogP contribution >= 0.6 is 0 Å². The van der Waals surface area contributed by atoms with E-state index in [1.54, 1.807) is 25.0 Å². The molecule has 4 rings (SSSR count). The molecule has 0 bridgehead atoms. The molecule has 3 aromatic carbocycles. The van der Waals surface area contributed by atoms with Gasteiger partial charge in [0.05, 0.1) is 25.5 Å². The van der Waals surface area contributed by atoms with E-state index < -0.39 is 0 Å². The second-order valence-electron chi connectivity index (χ2n) is 6.64. The molecule has 4 aromatic rings. The molecular weight excluding hydrogens is 379 g/mol. The summed E-state index contributed by atoms with van der Waals surface area (Å²) in [6, 6.07) is 23.9. The number of methoxy groups -OCH3 is 2. The third-order valence-electron chi connectivity index (χ3n) is 4.73. The predicted molar refractivity (Wildman–Crippen MR) is 117 cm³/mol. The molecular formula is C25H21FN2O2. The third-order valence-corrected chi connectivity index (χ3v) is 4.73. The van der Waals surface area contributed by atoms with Gasteiger partial charge in [-0.2, -0.15) is 9.78 Å². The summed E-state index contributed by atoms with van der Waals surface area (Å²) in [5.41, 5.74) is 4.11. The normalized spacial score (nSPS) is 11.0. The van der Waals surface area contributed by atoms with Gasteiger partial charge in [0, 0.05) is 5.56 Å². The number of hydrogen-bond donors (Lipinski definition) is 0. The maximum absolute atomic E-state index is 13.6. The van der Waals surface area contributed by atoms with Crippen LogP contribution in [0.1, 0.15) is 11.1 Å². The highest BCUT2D eigenvalue weighted by atomic mass is 19.1. The zero-order valence-corrected chi connectivity index (χ0v) is 16.7. The number of rotatable bonds is 6. The molecule has 0 aliphatic carbocycles. The fourth-order valence-corrected chi connectivity index (χ4v) is 3.26. The molecule has 0 aliphatic rings. The maximum Gasteiger partial charge on any atom is 0.224 e. The Balaban J connectivity index is 1.87. The summed E-state index contributed by atoms with van der Waals surface area (Å²) in [7, 11) is 3.25. The predicted octanol–water partition coefficient (Wildman–Crippen LogP) is 5.87. The average molecular weight is 400 g/mol. The van der Waals surface area contributed by atoms with Gasteiger partial charge in [0.25, 0.3) is 0 Å². The molecule has 0 atom stereocenters. The molecule has 0 fully saturated rings. The molecule has 0 radical (unpaired) electrons. The highest BCUT2D eigenvalue weighted by Gasteiger charge is 2.19. The summed E-state index contributed by atoms with van der Waals surface area (Å²) in [6.45, 7) is 0. The molecule has 1 aromatic heterocycles. The van der Waals surface area contributed by atoms with Crippen molar-refractivity contribution in [3.05, 3.63) is 95.8 Å². The van der Waals surface area contributed by atoms with Gasteiger partial charge >= 0.3 is 0 Å². The van der Waals surface area contributed by atoms with Crippen molar-refractivity contribution in [1.82, 2.24) is 9.78 Å². The van der Waals surface area contributed by atoms with E-state index in [9.17, 15) is 4.39 Å². The lowest BCUT2D eigenvalue weighted by molar-refractivity contribution is 0.383. The smallest absolute Gasteiger partial charge is 0.224 e. The number of benzene rings is 3. The van der Waals surface area contributed by atoms with Crippen LogP contribution in [0.4, 0.5) is 4.39 Å². The van der Waals surface area contributed by atoms with Gasteiger partial charge in [-0.3, -0.25) is 0 Å². The van der Waals surface area contributed by atoms with Crippen LogP contribution in [0.25, 0.3) is 29.1 Å². The van der Waals surface area contributed by atoms with Crippen LogP contribution in [0.2, 0.25) is 0 Å². The van der Waals surface area contributed by atoms with Gasteiger partial charge in [-0.1, -0.05) is 36.4 Å². The van der Waals surface area contributed by atoms with E-state index in [1.165, 1.54) is 12.1 Å². The first-order chi connectivity index (χ1) is 14.7. The maximum atomic E-state index is 13.6. The molecule has 5 heteroatoms. The minimum absolute atomic E-state index is 0.278. The first-order valence-electron chi connectivity index (χ1n) is 9.50. The highest BCUT2D eigenvalue weighted by molar-refractivity contribution is 5.82. The van der Waals surface area contributed by atoms with Crippen LogP contribution in [-0.2, 0) is 0 Å². The van der Waals surface area contributed by atoms with Crippen molar-refractivity contribution in [2.24, 2.45) is 0 Å². The molecule has 0 N–H and O–H groups in total. The molecule has 0 spiro atoms. The number of ether oxygens (including phenoxy) is 2. The molecule has 0 unspecified atom stereocenters. The number of nitrogens with zero attached hydrogens (tertiary/aromatic N) is 2. The second-order valence-corrected chi connectivity index (χ2v) is 6.64. The van der Waals surface area contributed by atoms with Crippen LogP contribution in [-0.4, -0.2) is 24.0 Å². The second kappa shape index (κ2) is 8.66. The van der Waals surface area contributed by atoms with E-state index in [2.05, 4.69) is 0 Å². The Morgan fingerprint density at radius 2 is 1.60 bits per heavy atom. The first-order valence-corrected chi connectivity index (χ1v) is 9.50. The fraction of sp³-hybridized carbons (Fsp3) is 0.0800. The van der Waals surface area contributed by atoms with Gasteiger partial charge in [-0.15, -0.1) is 0 Å². The number of hydrogen-bond acceptors (Lipinski definition) is 3. The molecule has 0 saturated heterocycles. The summed E-state index contributed by atoms with van der Waals surface area (Å²) in [6.07, 6.45) is 3.75. The lowest BCUT2D eigenvalue weighted by Crippen LogP contribution is -1.99. The van der Waals surface area contributed by atoms with E-state index in [1.807, 2.05) is 72.8 Å². The zero-order valence-electron chi connectivity index (χ0n) is 16.7.